The van der Waals surface area contributed by atoms with Crippen LogP contribution < -0.4 is 5.32 Å². The Labute approximate surface area is 123 Å². The number of nitrogens with one attached hydrogen (secondary N) is 1. The number of aryl methyl sites for hydroxylation is 1. The lowest BCUT2D eigenvalue weighted by Crippen LogP contribution is -2.25. The van der Waals surface area contributed by atoms with Crippen LogP contribution >= 0.6 is 11.6 Å². The van der Waals surface area contributed by atoms with Crippen molar-refractivity contribution in [1.82, 2.24) is 0 Å². The maximum atomic E-state index is 10.9. The van der Waals surface area contributed by atoms with Crippen molar-refractivity contribution < 1.29 is 10.0 Å². The Kier molecular flexibility index (Phi) is 4.83. The smallest absolute Gasteiger partial charge is 0.273 e. The van der Waals surface area contributed by atoms with Gasteiger partial charge in [0.05, 0.1) is 15.6 Å². The molecule has 2 N–H and O–H groups in total. The maximum absolute atomic E-state index is 10.9. The summed E-state index contributed by atoms with van der Waals surface area (Å²) in [5, 5.41) is 23.7. The molecule has 0 aromatic heterocycles. The van der Waals surface area contributed by atoms with E-state index in [-0.39, 0.29) is 18.3 Å². The van der Waals surface area contributed by atoms with Gasteiger partial charge >= 0.3 is 0 Å². The van der Waals surface area contributed by atoms with Crippen LogP contribution in [0.1, 0.15) is 31.2 Å². The van der Waals surface area contributed by atoms with Crippen LogP contribution in [0, 0.1) is 23.0 Å². The summed E-state index contributed by atoms with van der Waals surface area (Å²) in [6, 6.07) is 3.41. The molecule has 1 aliphatic carbocycles. The molecule has 1 saturated carbocycles. The second kappa shape index (κ2) is 6.41. The molecule has 110 valence electrons. The Bertz CT molecular complexity index is 507. The number of aliphatic hydroxyl groups is 1. The van der Waals surface area contributed by atoms with Crippen LogP contribution in [-0.2, 0) is 0 Å². The summed E-state index contributed by atoms with van der Waals surface area (Å²) in [7, 11) is 0. The molecule has 0 bridgehead atoms. The van der Waals surface area contributed by atoms with Gasteiger partial charge in [0.2, 0.25) is 0 Å². The molecular weight excluding hydrogens is 280 g/mol. The molecule has 1 aliphatic rings. The van der Waals surface area contributed by atoms with Crippen molar-refractivity contribution in [3.05, 3.63) is 32.8 Å². The van der Waals surface area contributed by atoms with Gasteiger partial charge in [-0.05, 0) is 38.2 Å². The molecule has 0 amide bonds. The molecule has 0 heterocycles. The maximum Gasteiger partial charge on any atom is 0.273 e. The van der Waals surface area contributed by atoms with E-state index >= 15 is 0 Å². The zero-order valence-electron chi connectivity index (χ0n) is 11.4. The number of aliphatic hydroxyl groups excluding tert-OH is 1. The van der Waals surface area contributed by atoms with Crippen molar-refractivity contribution in [3.63, 3.8) is 0 Å². The van der Waals surface area contributed by atoms with E-state index in [4.69, 9.17) is 16.7 Å². The number of halogens is 1. The number of anilines is 1. The first kappa shape index (κ1) is 15.1. The predicted molar refractivity (Wildman–Crippen MR) is 79.3 cm³/mol. The number of benzene rings is 1. The van der Waals surface area contributed by atoms with Gasteiger partial charge in [-0.25, -0.2) is 0 Å². The van der Waals surface area contributed by atoms with E-state index in [1.165, 1.54) is 6.07 Å². The summed E-state index contributed by atoms with van der Waals surface area (Å²) in [5.41, 5.74) is 1.38. The summed E-state index contributed by atoms with van der Waals surface area (Å²) in [6.45, 7) is 1.90. The average molecular weight is 299 g/mol. The van der Waals surface area contributed by atoms with Crippen LogP contribution in [0.25, 0.3) is 0 Å². The summed E-state index contributed by atoms with van der Waals surface area (Å²) in [4.78, 5) is 10.4. The Balaban J connectivity index is 2.17. The van der Waals surface area contributed by atoms with Gasteiger partial charge in [-0.15, -0.1) is 0 Å². The highest BCUT2D eigenvalue weighted by Crippen LogP contribution is 2.35. The molecule has 0 radical (unpaired) electrons. The fraction of sp³-hybridized carbons (Fsp3) is 0.571. The quantitative estimate of drug-likeness (QED) is 0.644. The van der Waals surface area contributed by atoms with Crippen LogP contribution in [-0.4, -0.2) is 22.7 Å². The third-order valence-electron chi connectivity index (χ3n) is 3.98. The molecule has 0 aliphatic heterocycles. The lowest BCUT2D eigenvalue weighted by molar-refractivity contribution is -0.385. The van der Waals surface area contributed by atoms with Crippen molar-refractivity contribution in [1.29, 1.82) is 0 Å². The molecule has 6 heteroatoms. The third kappa shape index (κ3) is 3.22. The largest absolute Gasteiger partial charge is 0.396 e. The molecule has 20 heavy (non-hydrogen) atoms. The van der Waals surface area contributed by atoms with Crippen molar-refractivity contribution >= 4 is 23.0 Å². The van der Waals surface area contributed by atoms with E-state index < -0.39 is 4.92 Å². The van der Waals surface area contributed by atoms with Gasteiger partial charge in [0.15, 0.2) is 0 Å². The van der Waals surface area contributed by atoms with Gasteiger partial charge in [0.1, 0.15) is 0 Å². The highest BCUT2D eigenvalue weighted by atomic mass is 35.5. The van der Waals surface area contributed by atoms with Crippen LogP contribution in [0.4, 0.5) is 11.4 Å². The van der Waals surface area contributed by atoms with Gasteiger partial charge in [-0.3, -0.25) is 10.1 Å². The van der Waals surface area contributed by atoms with Crippen LogP contribution in [0.15, 0.2) is 12.1 Å². The van der Waals surface area contributed by atoms with Crippen LogP contribution in [0.5, 0.6) is 0 Å². The minimum Gasteiger partial charge on any atom is -0.396 e. The molecule has 0 saturated heterocycles. The molecule has 2 atom stereocenters. The normalized spacial score (nSPS) is 21.9. The van der Waals surface area contributed by atoms with E-state index in [9.17, 15) is 10.1 Å². The zero-order chi connectivity index (χ0) is 14.7. The fourth-order valence-corrected chi connectivity index (χ4v) is 3.13. The van der Waals surface area contributed by atoms with Gasteiger partial charge in [-0.2, -0.15) is 0 Å². The standard InChI is InChI=1S/C14H19ClN2O3/c1-9-7-13(11(15)8-14(9)17(19)20)16-12-4-2-3-10(12)5-6-18/h7-8,10,12,16,18H,2-6H2,1H3. The Morgan fingerprint density at radius 3 is 2.90 bits per heavy atom. The van der Waals surface area contributed by atoms with Gasteiger partial charge in [-0.1, -0.05) is 18.0 Å². The van der Waals surface area contributed by atoms with E-state index in [1.54, 1.807) is 13.0 Å². The van der Waals surface area contributed by atoms with Gasteiger partial charge in [0.25, 0.3) is 5.69 Å². The number of nitro groups is 1. The van der Waals surface area contributed by atoms with Crippen LogP contribution in [0.3, 0.4) is 0 Å². The summed E-state index contributed by atoms with van der Waals surface area (Å²) in [6.07, 6.45) is 4.05. The van der Waals surface area contributed by atoms with E-state index in [1.807, 2.05) is 0 Å². The lowest BCUT2D eigenvalue weighted by Gasteiger charge is -2.22. The summed E-state index contributed by atoms with van der Waals surface area (Å²) < 4.78 is 0. The molecule has 1 aromatic rings. The van der Waals surface area contributed by atoms with E-state index in [2.05, 4.69) is 5.32 Å². The number of hydrogen-bond acceptors (Lipinski definition) is 4. The predicted octanol–water partition coefficient (Wildman–Crippen LogP) is 3.52. The van der Waals surface area contributed by atoms with Crippen molar-refractivity contribution in [2.75, 3.05) is 11.9 Å². The second-order valence-electron chi connectivity index (χ2n) is 5.33. The van der Waals surface area contributed by atoms with E-state index in [0.717, 1.165) is 31.4 Å². The first-order valence-electron chi connectivity index (χ1n) is 6.85. The Morgan fingerprint density at radius 1 is 1.50 bits per heavy atom. The molecule has 5 nitrogen and oxygen atoms in total. The fourth-order valence-electron chi connectivity index (χ4n) is 2.92. The molecule has 2 rings (SSSR count). The SMILES string of the molecule is Cc1cc(NC2CCCC2CCO)c(Cl)cc1[N+](=O)[O-]. The molecule has 1 aromatic carbocycles. The monoisotopic (exact) mass is 298 g/mol. The van der Waals surface area contributed by atoms with Gasteiger partial charge < -0.3 is 10.4 Å². The number of rotatable bonds is 5. The second-order valence-corrected chi connectivity index (χ2v) is 5.74. The highest BCUT2D eigenvalue weighted by molar-refractivity contribution is 6.33. The zero-order valence-corrected chi connectivity index (χ0v) is 12.2. The van der Waals surface area contributed by atoms with Crippen molar-refractivity contribution in [3.8, 4) is 0 Å². The van der Waals surface area contributed by atoms with Crippen molar-refractivity contribution in [2.24, 2.45) is 5.92 Å². The average Bonchev–Trinajstić information content (AvgIpc) is 2.81. The van der Waals surface area contributed by atoms with Crippen LogP contribution in [0.2, 0.25) is 5.02 Å². The van der Waals surface area contributed by atoms with Crippen molar-refractivity contribution in [2.45, 2.75) is 38.6 Å². The Morgan fingerprint density at radius 2 is 2.25 bits per heavy atom. The lowest BCUT2D eigenvalue weighted by atomic mass is 9.99. The molecule has 0 spiro atoms. The van der Waals surface area contributed by atoms with Gasteiger partial charge in [0, 0.05) is 24.3 Å². The summed E-state index contributed by atoms with van der Waals surface area (Å²) >= 11 is 6.13. The number of nitrogens with zero attached hydrogens (tertiary/aromatic N) is 1. The van der Waals surface area contributed by atoms with E-state index in [0.29, 0.717) is 16.5 Å². The third-order valence-corrected chi connectivity index (χ3v) is 4.29. The Hall–Kier alpha value is -1.33. The molecular formula is C14H19ClN2O3. The highest BCUT2D eigenvalue weighted by Gasteiger charge is 2.27. The minimum absolute atomic E-state index is 0.0406. The topological polar surface area (TPSA) is 75.4 Å². The number of hydrogen-bond donors (Lipinski definition) is 2. The molecule has 2 unspecified atom stereocenters. The first-order valence-corrected chi connectivity index (χ1v) is 7.22. The minimum atomic E-state index is -0.422. The molecule has 1 fully saturated rings. The number of nitro benzene ring substituents is 1. The summed E-state index contributed by atoms with van der Waals surface area (Å²) in [5.74, 6) is 0.437. The first-order chi connectivity index (χ1) is 9.52.